The molecule has 7 saturated heterocycles. The third-order valence-electron chi connectivity index (χ3n) is 25.5. The predicted octanol–water partition coefficient (Wildman–Crippen LogP) is 11.0. The topological polar surface area (TPSA) is 435 Å². The molecule has 0 spiro atoms. The van der Waals surface area contributed by atoms with E-state index >= 15 is 0 Å². The van der Waals surface area contributed by atoms with Gasteiger partial charge in [-0.3, -0.25) is 33.6 Å². The van der Waals surface area contributed by atoms with Crippen molar-refractivity contribution in [3.05, 3.63) is 174 Å². The number of anilines is 7. The first-order valence-electron chi connectivity index (χ1n) is 48.4. The van der Waals surface area contributed by atoms with E-state index in [0.717, 1.165) is 269 Å². The van der Waals surface area contributed by atoms with Gasteiger partial charge in [-0.15, -0.1) is 5.10 Å². The molecule has 7 aliphatic rings. The van der Waals surface area contributed by atoms with Crippen molar-refractivity contribution in [3.63, 3.8) is 0 Å². The van der Waals surface area contributed by atoms with Gasteiger partial charge in [-0.1, -0.05) is 133 Å². The highest BCUT2D eigenvalue weighted by atomic mass is 32.1. The number of nitrogens with zero attached hydrogens (tertiary/aromatic N) is 30. The van der Waals surface area contributed by atoms with Crippen LogP contribution in [0.5, 0.6) is 0 Å². The highest BCUT2D eigenvalue weighted by Gasteiger charge is 2.31. The first-order valence-corrected chi connectivity index (χ1v) is 54.1. The molecule has 1 aromatic carbocycles. The second-order valence-electron chi connectivity index (χ2n) is 35.2. The van der Waals surface area contributed by atoms with Crippen LogP contribution in [0.3, 0.4) is 0 Å². The van der Waals surface area contributed by atoms with E-state index < -0.39 is 23.3 Å². The highest BCUT2D eigenvalue weighted by molar-refractivity contribution is 7.20. The minimum Gasteiger partial charge on any atom is -0.478 e. The predicted molar refractivity (Wildman–Crippen MR) is 554 cm³/mol. The normalized spacial score (nSPS) is 17.2. The molecule has 0 saturated carbocycles. The number of likely N-dealkylation sites (N-methyl/N-ethyl adjacent to an activating group) is 2. The molecule has 15 aromatic rings. The lowest BCUT2D eigenvalue weighted by atomic mass is 9.98. The maximum Gasteiger partial charge on any atom is 0.367 e. The zero-order chi connectivity index (χ0) is 99.4. The van der Waals surface area contributed by atoms with E-state index in [0.29, 0.717) is 75.4 Å². The number of carbonyl (C=O) groups is 2. The molecule has 0 aliphatic carbocycles. The Morgan fingerprint density at radius 2 is 0.681 bits per heavy atom. The van der Waals surface area contributed by atoms with Crippen LogP contribution in [0.25, 0.3) is 45.3 Å². The molecule has 41 nitrogen and oxygen atoms in total. The number of halogens is 1. The van der Waals surface area contributed by atoms with Crippen LogP contribution in [0.4, 0.5) is 45.1 Å². The monoisotopic (exact) mass is 2060 g/mol. The largest absolute Gasteiger partial charge is 0.478 e. The van der Waals surface area contributed by atoms with Crippen molar-refractivity contribution in [2.24, 2.45) is 0 Å². The van der Waals surface area contributed by atoms with Gasteiger partial charge in [0.05, 0.1) is 11.1 Å². The maximum absolute atomic E-state index is 14.2. The molecular formula is C92H117FN30O11S7. The third-order valence-corrected chi connectivity index (χ3v) is 32.6. The number of aromatic nitrogens is 21. The molecule has 22 rings (SSSR count). The second-order valence-corrected chi connectivity index (χ2v) is 42.3. The van der Waals surface area contributed by atoms with Crippen molar-refractivity contribution in [3.8, 4) is 10.6 Å². The number of benzene rings is 1. The summed E-state index contributed by atoms with van der Waals surface area (Å²) in [6.45, 7) is 34.5. The fourth-order valence-corrected chi connectivity index (χ4v) is 23.3. The number of hydrogen-bond donors (Lipinski definition) is 2. The molecule has 141 heavy (non-hydrogen) atoms. The van der Waals surface area contributed by atoms with Crippen molar-refractivity contribution >= 4 is 167 Å². The van der Waals surface area contributed by atoms with Gasteiger partial charge in [-0.25, -0.2) is 39.5 Å². The van der Waals surface area contributed by atoms with Gasteiger partial charge >= 0.3 is 17.5 Å². The van der Waals surface area contributed by atoms with Crippen LogP contribution in [0.2, 0.25) is 0 Å². The summed E-state index contributed by atoms with van der Waals surface area (Å²) in [5, 5.41) is 52.3. The molecule has 14 aromatic heterocycles. The van der Waals surface area contributed by atoms with E-state index in [-0.39, 0.29) is 49.7 Å². The average molecular weight is 2060 g/mol. The summed E-state index contributed by atoms with van der Waals surface area (Å²) < 4.78 is 23.3. The van der Waals surface area contributed by atoms with Crippen LogP contribution in [0.1, 0.15) is 202 Å². The molecule has 750 valence electrons. The first kappa shape index (κ1) is 102. The molecule has 2 N–H and O–H groups in total. The van der Waals surface area contributed by atoms with Crippen LogP contribution in [-0.4, -0.2) is 265 Å². The molecule has 7 aliphatic heterocycles. The van der Waals surface area contributed by atoms with Crippen molar-refractivity contribution in [1.29, 1.82) is 0 Å². The van der Waals surface area contributed by atoms with Crippen LogP contribution in [-0.2, 0) is 32.1 Å². The summed E-state index contributed by atoms with van der Waals surface area (Å²) in [5.74, 6) is 1.85. The van der Waals surface area contributed by atoms with E-state index in [2.05, 4.69) is 138 Å². The second kappa shape index (κ2) is 46.4. The Morgan fingerprint density at radius 3 is 1.08 bits per heavy atom. The van der Waals surface area contributed by atoms with Crippen LogP contribution < -0.4 is 73.2 Å². The summed E-state index contributed by atoms with van der Waals surface area (Å²) in [7, 11) is 2.11. The SMILES string of the molecule is CCc1nn2c(=O)c(C)c(N3CCCCC3)nc2s1.CCc1nn2c(=O)c(F)c(N3CCCCC3)nc2s1.CCc1nn2c(=O)cc(N3C(C)CCCC3C)nc2s1.CCc1nn2c(=O)cc(N3CCN(C)CC3)nc2s1.CCc1nn2c(=O)cc(N3CCN(CC)CC3)nc2s1.O=C(O)c1ccc(-c2nn3c(=O)cc(N4CCCCC4)nc3s2)cc1.O=C(O)c1nn2c(=O)cc(N3CCCCC3)nc2s1. The Kier molecular flexibility index (Phi) is 33.5. The quantitative estimate of drug-likeness (QED) is 0.0907. The van der Waals surface area contributed by atoms with E-state index in [1.807, 2.05) is 46.4 Å². The number of carboxylic acids is 2. The Bertz CT molecular complexity index is 7260. The van der Waals surface area contributed by atoms with Gasteiger partial charge < -0.3 is 54.3 Å². The number of aryl methyl sites for hydroxylation is 5. The number of fused-ring (bicyclic) bond motifs is 7. The number of carboxylic acid groups (broad SMARTS) is 2. The Labute approximate surface area is 837 Å². The lowest BCUT2D eigenvalue weighted by molar-refractivity contribution is 0.0685. The smallest absolute Gasteiger partial charge is 0.367 e. The van der Waals surface area contributed by atoms with E-state index in [9.17, 15) is 47.5 Å². The van der Waals surface area contributed by atoms with Gasteiger partial charge in [0.25, 0.3) is 33.4 Å². The third kappa shape index (κ3) is 23.8. The summed E-state index contributed by atoms with van der Waals surface area (Å²) in [6.07, 6.45) is 21.3. The lowest BCUT2D eigenvalue weighted by Gasteiger charge is -2.39. The molecule has 0 radical (unpaired) electrons. The van der Waals surface area contributed by atoms with Crippen molar-refractivity contribution in [2.75, 3.05) is 153 Å². The fraction of sp³-hybridized carbons (Fsp3) is 0.533. The summed E-state index contributed by atoms with van der Waals surface area (Å²) in [6, 6.07) is 15.1. The molecule has 49 heteroatoms. The van der Waals surface area contributed by atoms with Gasteiger partial charge in [0.1, 0.15) is 65.0 Å². The highest BCUT2D eigenvalue weighted by Crippen LogP contribution is 2.32. The molecule has 21 heterocycles. The standard InChI is InChI=1S/C17H16N4O3S.C14H20N4OS.C13H19N5OS.C13H18N4OS.C12H15FN4OS.C12H17N5OS.C11H12N4O3S/c22-14-10-13(20-8-2-1-3-9-20)18-17-21(14)19-15(25-17)11-4-6-12(7-5-11)16(23)24;1-4-12-16-18-13(19)8-11(15-14(18)20-12)17-9(2)6-5-7-10(17)3;1-3-11-15-18-12(19)9-10(14-13(18)20-11)17-7-5-16(4-2)6-8-17;1-3-10-15-17-12(18)9(2)11(14-13(17)19-10)16-7-5-4-6-8-16;1-2-8-15-17-11(18)9(13)10(14-12(17)19-8)16-6-4-3-5-7-16;1-3-10-14-17-11(18)8-9(13-12(17)19-10)16-6-4-15(2)5-7-16;16-8-6-7(14-4-2-1-3-5-14)12-11-15(8)13-9(19-11)10(17)18/h4-7,10H,1-3,8-9H2,(H,23,24);8-10H,4-7H2,1-3H3;9H,3-8H2,1-2H3;3-8H2,1-2H3;2-7H2,1H3;8H,3-7H2,1-2H3;6H,1-5H2,(H,17,18). The lowest BCUT2D eigenvalue weighted by Crippen LogP contribution is -2.46. The van der Waals surface area contributed by atoms with E-state index in [4.69, 9.17) is 10.2 Å². The van der Waals surface area contributed by atoms with Crippen molar-refractivity contribution < 1.29 is 24.2 Å². The van der Waals surface area contributed by atoms with Gasteiger partial charge in [0.15, 0.2) is 5.82 Å². The molecule has 7 fully saturated rings. The summed E-state index contributed by atoms with van der Waals surface area (Å²) in [4.78, 5) is 162. The first-order chi connectivity index (χ1) is 68.1. The van der Waals surface area contributed by atoms with Crippen LogP contribution >= 0.6 is 79.4 Å². The zero-order valence-corrected chi connectivity index (χ0v) is 86.5. The number of hydrogen-bond acceptors (Lipinski definition) is 39. The Morgan fingerprint density at radius 1 is 0.355 bits per heavy atom. The van der Waals surface area contributed by atoms with Gasteiger partial charge in [-0.2, -0.15) is 71.6 Å². The summed E-state index contributed by atoms with van der Waals surface area (Å²) in [5.41, 5.74) is 0.187. The van der Waals surface area contributed by atoms with Crippen molar-refractivity contribution in [2.45, 2.75) is 203 Å². The van der Waals surface area contributed by atoms with E-state index in [1.165, 1.54) is 153 Å². The number of piperidine rings is 5. The maximum atomic E-state index is 14.2. The summed E-state index contributed by atoms with van der Waals surface area (Å²) >= 11 is 9.59. The molecule has 0 amide bonds. The Hall–Kier alpha value is -12.0. The zero-order valence-electron chi connectivity index (χ0n) is 80.7. The van der Waals surface area contributed by atoms with Crippen LogP contribution in [0, 0.1) is 12.7 Å². The van der Waals surface area contributed by atoms with Crippen LogP contribution in [0.15, 0.2) is 88.2 Å². The average Bonchev–Trinajstić information content (AvgIpc) is 1.67. The minimum atomic E-state index is -1.14. The fourth-order valence-electron chi connectivity index (χ4n) is 17.6. The van der Waals surface area contributed by atoms with E-state index in [1.54, 1.807) is 30.3 Å². The van der Waals surface area contributed by atoms with Gasteiger partial charge in [-0.05, 0) is 175 Å². The Balaban J connectivity index is 0.000000119. The van der Waals surface area contributed by atoms with Crippen molar-refractivity contribution in [1.82, 2.24) is 112 Å². The molecule has 2 atom stereocenters. The number of rotatable bonds is 16. The minimum absolute atomic E-state index is 0.0264. The van der Waals surface area contributed by atoms with Gasteiger partial charge in [0, 0.05) is 153 Å². The molecule has 2 unspecified atom stereocenters. The number of piperazine rings is 2. The molecular weight excluding hydrogens is 1940 g/mol. The number of aromatic carboxylic acids is 2. The van der Waals surface area contributed by atoms with Gasteiger partial charge in [0.2, 0.25) is 45.6 Å². The molecule has 0 bridgehead atoms.